The predicted octanol–water partition coefficient (Wildman–Crippen LogP) is 3.42. The normalized spacial score (nSPS) is 18.1. The van der Waals surface area contributed by atoms with Crippen LogP contribution in [0.5, 0.6) is 0 Å². The Morgan fingerprint density at radius 3 is 2.70 bits per heavy atom. The molecule has 7 nitrogen and oxygen atoms in total. The van der Waals surface area contributed by atoms with E-state index in [0.29, 0.717) is 12.5 Å². The van der Waals surface area contributed by atoms with Crippen LogP contribution in [-0.4, -0.2) is 25.6 Å². The van der Waals surface area contributed by atoms with E-state index in [9.17, 15) is 4.79 Å². The molecule has 1 atom stereocenters. The fourth-order valence-electron chi connectivity index (χ4n) is 4.47. The summed E-state index contributed by atoms with van der Waals surface area (Å²) in [6.07, 6.45) is 9.31. The molecule has 1 aromatic carbocycles. The third kappa shape index (κ3) is 3.84. The highest BCUT2D eigenvalue weighted by Crippen LogP contribution is 2.41. The zero-order valence-electron chi connectivity index (χ0n) is 17.3. The molecule has 0 radical (unpaired) electrons. The van der Waals surface area contributed by atoms with Gasteiger partial charge in [-0.05, 0) is 49.1 Å². The van der Waals surface area contributed by atoms with Crippen molar-refractivity contribution in [3.63, 3.8) is 0 Å². The van der Waals surface area contributed by atoms with Gasteiger partial charge in [0.05, 0.1) is 37.2 Å². The van der Waals surface area contributed by atoms with E-state index < -0.39 is 0 Å². The summed E-state index contributed by atoms with van der Waals surface area (Å²) in [5, 5.41) is 15.2. The third-order valence-corrected chi connectivity index (χ3v) is 6.27. The van der Waals surface area contributed by atoms with Crippen LogP contribution in [0.25, 0.3) is 0 Å². The SMILES string of the molecule is Cn1ncc(C2CC2)c1CNC(=O)NC1CCCc2c1cnn2Cc1ccccc1. The van der Waals surface area contributed by atoms with Crippen LogP contribution in [-0.2, 0) is 26.6 Å². The maximum absolute atomic E-state index is 12.6. The number of benzene rings is 1. The number of nitrogens with zero attached hydrogens (tertiary/aromatic N) is 4. The Kier molecular flexibility index (Phi) is 5.02. The molecule has 156 valence electrons. The van der Waals surface area contributed by atoms with Gasteiger partial charge in [0.1, 0.15) is 0 Å². The van der Waals surface area contributed by atoms with Crippen LogP contribution >= 0.6 is 0 Å². The first-order valence-corrected chi connectivity index (χ1v) is 10.8. The van der Waals surface area contributed by atoms with E-state index in [4.69, 9.17) is 0 Å². The first-order chi connectivity index (χ1) is 14.7. The first-order valence-electron chi connectivity index (χ1n) is 10.8. The summed E-state index contributed by atoms with van der Waals surface area (Å²) in [6.45, 7) is 1.26. The molecule has 2 amide bonds. The summed E-state index contributed by atoms with van der Waals surface area (Å²) < 4.78 is 3.95. The summed E-state index contributed by atoms with van der Waals surface area (Å²) in [6, 6.07) is 10.2. The Balaban J connectivity index is 1.23. The minimum Gasteiger partial charge on any atom is -0.333 e. The minimum atomic E-state index is -0.133. The van der Waals surface area contributed by atoms with E-state index in [1.807, 2.05) is 30.2 Å². The molecule has 5 rings (SSSR count). The average molecular weight is 405 g/mol. The summed E-state index contributed by atoms with van der Waals surface area (Å²) in [7, 11) is 1.94. The molecule has 2 aliphatic carbocycles. The van der Waals surface area contributed by atoms with E-state index in [0.717, 1.165) is 37.1 Å². The van der Waals surface area contributed by atoms with Gasteiger partial charge in [0.25, 0.3) is 0 Å². The van der Waals surface area contributed by atoms with Crippen molar-refractivity contribution in [2.24, 2.45) is 7.05 Å². The number of hydrogen-bond acceptors (Lipinski definition) is 3. The number of rotatable bonds is 6. The number of nitrogens with one attached hydrogen (secondary N) is 2. The first kappa shape index (κ1) is 18.9. The molecule has 1 saturated carbocycles. The molecular weight excluding hydrogens is 376 g/mol. The van der Waals surface area contributed by atoms with Gasteiger partial charge in [-0.25, -0.2) is 4.79 Å². The Bertz CT molecular complexity index is 1030. The Labute approximate surface area is 176 Å². The number of aryl methyl sites for hydroxylation is 1. The monoisotopic (exact) mass is 404 g/mol. The van der Waals surface area contributed by atoms with Crippen LogP contribution < -0.4 is 10.6 Å². The van der Waals surface area contributed by atoms with Crippen LogP contribution in [0.3, 0.4) is 0 Å². The van der Waals surface area contributed by atoms with E-state index in [2.05, 4.69) is 49.8 Å². The molecule has 1 unspecified atom stereocenters. The molecule has 2 aromatic heterocycles. The van der Waals surface area contributed by atoms with Crippen molar-refractivity contribution in [2.45, 2.75) is 57.2 Å². The fraction of sp³-hybridized carbons (Fsp3) is 0.435. The van der Waals surface area contributed by atoms with Crippen molar-refractivity contribution in [3.8, 4) is 0 Å². The second-order valence-corrected chi connectivity index (χ2v) is 8.41. The van der Waals surface area contributed by atoms with Crippen LogP contribution in [0.15, 0.2) is 42.7 Å². The predicted molar refractivity (Wildman–Crippen MR) is 114 cm³/mol. The average Bonchev–Trinajstić information content (AvgIpc) is 3.42. The lowest BCUT2D eigenvalue weighted by Gasteiger charge is -2.24. The molecule has 2 aliphatic rings. The molecule has 1 fully saturated rings. The molecule has 2 heterocycles. The molecule has 0 bridgehead atoms. The number of carbonyl (C=O) groups excluding carboxylic acids is 1. The third-order valence-electron chi connectivity index (χ3n) is 6.27. The Hall–Kier alpha value is -3.09. The Morgan fingerprint density at radius 1 is 1.10 bits per heavy atom. The summed E-state index contributed by atoms with van der Waals surface area (Å²) in [4.78, 5) is 12.6. The molecule has 0 spiro atoms. The maximum Gasteiger partial charge on any atom is 0.315 e. The maximum atomic E-state index is 12.6. The number of carbonyl (C=O) groups is 1. The van der Waals surface area contributed by atoms with Gasteiger partial charge in [0.2, 0.25) is 0 Å². The summed E-state index contributed by atoms with van der Waals surface area (Å²) >= 11 is 0. The summed E-state index contributed by atoms with van der Waals surface area (Å²) in [5.41, 5.74) is 6.00. The largest absolute Gasteiger partial charge is 0.333 e. The smallest absolute Gasteiger partial charge is 0.315 e. The van der Waals surface area contributed by atoms with Crippen molar-refractivity contribution in [1.82, 2.24) is 30.2 Å². The molecule has 7 heteroatoms. The lowest BCUT2D eigenvalue weighted by molar-refractivity contribution is 0.235. The van der Waals surface area contributed by atoms with Crippen molar-refractivity contribution < 1.29 is 4.79 Å². The van der Waals surface area contributed by atoms with Crippen molar-refractivity contribution in [3.05, 3.63) is 70.8 Å². The second-order valence-electron chi connectivity index (χ2n) is 8.41. The highest BCUT2D eigenvalue weighted by atomic mass is 16.2. The lowest BCUT2D eigenvalue weighted by atomic mass is 9.93. The van der Waals surface area contributed by atoms with Gasteiger partial charge >= 0.3 is 6.03 Å². The molecular formula is C23H28N6O. The van der Waals surface area contributed by atoms with Gasteiger partial charge in [0.15, 0.2) is 0 Å². The Morgan fingerprint density at radius 2 is 1.90 bits per heavy atom. The standard InChI is InChI=1S/C23H28N6O/c1-28-22(18(12-25-28)17-10-11-17)14-24-23(30)27-20-8-5-9-21-19(20)13-26-29(21)15-16-6-3-2-4-7-16/h2-4,6-7,12-13,17,20H,5,8-11,14-15H2,1H3,(H2,24,27,30). The molecule has 0 saturated heterocycles. The van der Waals surface area contributed by atoms with Crippen LogP contribution in [0.4, 0.5) is 4.79 Å². The van der Waals surface area contributed by atoms with Crippen LogP contribution in [0.1, 0.15) is 65.7 Å². The zero-order valence-corrected chi connectivity index (χ0v) is 17.3. The zero-order chi connectivity index (χ0) is 20.5. The van der Waals surface area contributed by atoms with Crippen LogP contribution in [0, 0.1) is 0 Å². The summed E-state index contributed by atoms with van der Waals surface area (Å²) in [5.74, 6) is 0.620. The number of hydrogen-bond donors (Lipinski definition) is 2. The van der Waals surface area contributed by atoms with Gasteiger partial charge in [-0.3, -0.25) is 9.36 Å². The van der Waals surface area contributed by atoms with E-state index in [-0.39, 0.29) is 12.1 Å². The quantitative estimate of drug-likeness (QED) is 0.661. The number of amides is 2. The fourth-order valence-corrected chi connectivity index (χ4v) is 4.47. The van der Waals surface area contributed by atoms with E-state index in [1.165, 1.54) is 29.7 Å². The topological polar surface area (TPSA) is 76.8 Å². The molecule has 0 aliphatic heterocycles. The van der Waals surface area contributed by atoms with Gasteiger partial charge in [0, 0.05) is 18.3 Å². The van der Waals surface area contributed by atoms with Gasteiger partial charge in [-0.2, -0.15) is 10.2 Å². The highest BCUT2D eigenvalue weighted by Gasteiger charge is 2.29. The molecule has 30 heavy (non-hydrogen) atoms. The number of urea groups is 1. The van der Waals surface area contributed by atoms with Crippen molar-refractivity contribution >= 4 is 6.03 Å². The molecule has 2 N–H and O–H groups in total. The van der Waals surface area contributed by atoms with Gasteiger partial charge in [-0.15, -0.1) is 0 Å². The second kappa shape index (κ2) is 7.97. The highest BCUT2D eigenvalue weighted by molar-refractivity contribution is 5.74. The minimum absolute atomic E-state index is 0.00714. The van der Waals surface area contributed by atoms with Gasteiger partial charge < -0.3 is 10.6 Å². The van der Waals surface area contributed by atoms with E-state index >= 15 is 0 Å². The number of aromatic nitrogens is 4. The van der Waals surface area contributed by atoms with Crippen molar-refractivity contribution in [2.75, 3.05) is 0 Å². The van der Waals surface area contributed by atoms with Crippen molar-refractivity contribution in [1.29, 1.82) is 0 Å². The molecule has 3 aromatic rings. The van der Waals surface area contributed by atoms with E-state index in [1.54, 1.807) is 0 Å². The number of fused-ring (bicyclic) bond motifs is 1. The van der Waals surface area contributed by atoms with Gasteiger partial charge in [-0.1, -0.05) is 30.3 Å². The lowest BCUT2D eigenvalue weighted by Crippen LogP contribution is -2.39. The van der Waals surface area contributed by atoms with Crippen LogP contribution in [0.2, 0.25) is 0 Å².